The van der Waals surface area contributed by atoms with Crippen LogP contribution in [0.1, 0.15) is 69.7 Å². The third kappa shape index (κ3) is 3810. The van der Waals surface area contributed by atoms with E-state index in [0.717, 1.165) is 12.8 Å². The Bertz CT molecular complexity index is 655. The fourth-order valence-corrected chi connectivity index (χ4v) is 0. The zero-order valence-electron chi connectivity index (χ0n) is 30.3. The lowest BCUT2D eigenvalue weighted by Crippen LogP contribution is -1.97. The fraction of sp³-hybridized carbons (Fsp3) is 0.895. The molecule has 0 saturated heterocycles. The first-order valence-electron chi connectivity index (χ1n) is 12.7. The summed E-state index contributed by atoms with van der Waals surface area (Å²) in [5, 5.41) is 75.8. The van der Waals surface area contributed by atoms with Gasteiger partial charge in [-0.2, -0.15) is 0 Å². The highest BCUT2D eigenvalue weighted by Gasteiger charge is 1.82. The fourth-order valence-electron chi connectivity index (χ4n) is 0. The highest BCUT2D eigenvalue weighted by molar-refractivity contribution is 7.77. The molecule has 0 amide bonds. The summed E-state index contributed by atoms with van der Waals surface area (Å²) in [6.45, 7) is 15.4. The van der Waals surface area contributed by atoms with Crippen molar-refractivity contribution in [3.8, 4) is 12.3 Å². The molecule has 27 nitrogen and oxygen atoms in total. The van der Waals surface area contributed by atoms with Crippen LogP contribution in [0.5, 0.6) is 0 Å². The van der Waals surface area contributed by atoms with Gasteiger partial charge in [-0.15, -0.1) is 6.42 Å². The summed E-state index contributed by atoms with van der Waals surface area (Å²) < 4.78 is 123. The van der Waals surface area contributed by atoms with Crippen molar-refractivity contribution >= 4 is 78.9 Å². The van der Waals surface area contributed by atoms with Gasteiger partial charge in [0.1, 0.15) is 6.61 Å². The van der Waals surface area contributed by atoms with Crippen molar-refractivity contribution in [1.82, 2.24) is 0 Å². The predicted octanol–water partition coefficient (Wildman–Crippen LogP) is -6.78. The van der Waals surface area contributed by atoms with Gasteiger partial charge in [-0.3, -0.25) is 65.4 Å². The van der Waals surface area contributed by atoms with Crippen molar-refractivity contribution in [3.63, 3.8) is 0 Å². The summed E-state index contributed by atoms with van der Waals surface area (Å²) in [7, 11) is 0. The van der Waals surface area contributed by atoms with Gasteiger partial charge in [0.25, 0.3) is 0 Å². The van der Waals surface area contributed by atoms with Crippen LogP contribution in [0.2, 0.25) is 0 Å². The van der Waals surface area contributed by atoms with Gasteiger partial charge in [0.05, 0.1) is 6.10 Å². The molecule has 0 aliphatic rings. The highest BCUT2D eigenvalue weighted by atomic mass is 32.2. The Balaban J connectivity index is -0.0000000267. The molecular formula is C19H62N7O20S7-7. The van der Waals surface area contributed by atoms with E-state index in [0.29, 0.717) is 19.1 Å². The minimum absolute atomic E-state index is 0. The number of terminal acetylenes is 1. The summed E-state index contributed by atoms with van der Waals surface area (Å²) in [6, 6.07) is 0. The molecule has 0 aromatic heterocycles. The second kappa shape index (κ2) is 98.7. The molecule has 342 valence electrons. The van der Waals surface area contributed by atoms with Gasteiger partial charge >= 0.3 is 0 Å². The summed E-state index contributed by atoms with van der Waals surface area (Å²) in [4.78, 5) is 0. The van der Waals surface area contributed by atoms with Gasteiger partial charge in [0.2, 0.25) is 0 Å². The first kappa shape index (κ1) is 89.4. The van der Waals surface area contributed by atoms with Crippen molar-refractivity contribution in [2.75, 3.05) is 26.4 Å². The smallest absolute Gasteiger partial charge is 0.103 e. The Morgan fingerprint density at radius 2 is 0.642 bits per heavy atom. The van der Waals surface area contributed by atoms with Crippen LogP contribution in [0.25, 0.3) is 0 Å². The van der Waals surface area contributed by atoms with E-state index in [2.05, 4.69) is 42.4 Å². The van der Waals surface area contributed by atoms with Gasteiger partial charge in [-0.05, 0) is 46.5 Å². The molecule has 0 aliphatic heterocycles. The van der Waals surface area contributed by atoms with Gasteiger partial charge in [0.15, 0.2) is 0 Å². The largest absolute Gasteiger partial charge is 0.760 e. The molecular weight excluding hydrogens is 871 g/mol. The SMILES string of the molecule is C#CCO.CC(C)CO.CC(C)O.CCC(C)O.CCCO.CCO.NS(=O)[O-].NS(=O)[O-].NS(=O)[O-].NS(=O)[O-].NS(=O)[O-].NS(=O)[O-].NS(=O)[O-].[HH]. The molecule has 8 unspecified atom stereocenters. The molecule has 0 radical (unpaired) electrons. The van der Waals surface area contributed by atoms with Crippen molar-refractivity contribution in [3.05, 3.63) is 0 Å². The van der Waals surface area contributed by atoms with Crippen LogP contribution in [0.15, 0.2) is 0 Å². The molecule has 0 aromatic rings. The number of nitrogens with two attached hydrogens (primary N) is 7. The Labute approximate surface area is 332 Å². The Hall–Kier alpha value is -0.190. The summed E-state index contributed by atoms with van der Waals surface area (Å²) in [5.74, 6) is 2.43. The van der Waals surface area contributed by atoms with Crippen molar-refractivity contribution < 1.29 is 93.4 Å². The van der Waals surface area contributed by atoms with E-state index in [-0.39, 0.29) is 26.8 Å². The molecule has 0 rings (SSSR count). The number of rotatable bonds is 3. The minimum atomic E-state index is -2.36. The normalized spacial score (nSPS) is 12.5. The average molecular weight is 933 g/mol. The summed E-state index contributed by atoms with van der Waals surface area (Å²) >= 11 is -16.5. The molecule has 8 atom stereocenters. The van der Waals surface area contributed by atoms with Gasteiger partial charge in [-0.25, -0.2) is 0 Å². The molecule has 0 aromatic carbocycles. The second-order valence-electron chi connectivity index (χ2n) is 7.15. The predicted molar refractivity (Wildman–Crippen MR) is 201 cm³/mol. The molecule has 0 aliphatic carbocycles. The van der Waals surface area contributed by atoms with E-state index < -0.39 is 78.9 Å². The number of aliphatic hydroxyl groups excluding tert-OH is 6. The zero-order valence-corrected chi connectivity index (χ0v) is 36.1. The van der Waals surface area contributed by atoms with E-state index in [1.165, 1.54) is 0 Å². The van der Waals surface area contributed by atoms with Crippen molar-refractivity contribution in [2.24, 2.45) is 41.9 Å². The van der Waals surface area contributed by atoms with Crippen LogP contribution in [0.4, 0.5) is 0 Å². The summed E-state index contributed by atoms with van der Waals surface area (Å²) in [5.41, 5.74) is 0. The minimum Gasteiger partial charge on any atom is -0.760 e. The van der Waals surface area contributed by atoms with E-state index in [1.807, 2.05) is 33.6 Å². The zero-order chi connectivity index (χ0) is 46.7. The molecule has 34 heteroatoms. The van der Waals surface area contributed by atoms with Crippen molar-refractivity contribution in [1.29, 1.82) is 0 Å². The topological polar surface area (TPSA) is 584 Å². The maximum absolute atomic E-state index is 8.78. The Kier molecular flexibility index (Phi) is 167. The quantitative estimate of drug-likeness (QED) is 0.0924. The van der Waals surface area contributed by atoms with E-state index >= 15 is 0 Å². The number of hydrogen-bond donors (Lipinski definition) is 13. The average Bonchev–Trinajstić information content (AvgIpc) is 2.91. The van der Waals surface area contributed by atoms with E-state index in [9.17, 15) is 0 Å². The van der Waals surface area contributed by atoms with Crippen LogP contribution < -0.4 is 36.0 Å². The van der Waals surface area contributed by atoms with Gasteiger partial charge in [-0.1, -0.05) is 33.6 Å². The number of aliphatic hydroxyl groups is 6. The molecule has 0 heterocycles. The van der Waals surface area contributed by atoms with Gasteiger partial charge in [0, 0.05) is 106 Å². The lowest BCUT2D eigenvalue weighted by molar-refractivity contribution is 0.191. The van der Waals surface area contributed by atoms with Crippen LogP contribution in [0, 0.1) is 18.3 Å². The molecule has 0 saturated carbocycles. The maximum atomic E-state index is 8.78. The highest BCUT2D eigenvalue weighted by Crippen LogP contribution is 1.83. The molecule has 0 spiro atoms. The molecule has 0 bridgehead atoms. The van der Waals surface area contributed by atoms with Crippen LogP contribution in [-0.4, -0.2) is 131 Å². The van der Waals surface area contributed by atoms with Crippen LogP contribution >= 0.6 is 0 Å². The maximum Gasteiger partial charge on any atom is 0.103 e. The van der Waals surface area contributed by atoms with Gasteiger partial charge < -0.3 is 62.5 Å². The lowest BCUT2D eigenvalue weighted by atomic mass is 10.2. The molecule has 20 N–H and O–H groups in total. The summed E-state index contributed by atoms with van der Waals surface area (Å²) in [6.07, 6.45) is 5.98. The van der Waals surface area contributed by atoms with Crippen LogP contribution in [-0.2, 0) is 78.9 Å². The molecule has 0 fully saturated rings. The van der Waals surface area contributed by atoms with Crippen molar-refractivity contribution in [2.45, 2.75) is 80.4 Å². The standard InChI is InChI=1S/2C4H10O.2C3H8O.C3H4O.C2H6O.7H3NO2S.H2/c1-4(2)3-5;1-3-4(2)5;1-3(2)4;2*1-2-3-4;1-2-3;7*1-4(2)3;/h2*4-5H,3H2,1-2H3;3-4H,1-2H3;4H,2-3H2,1H3;1,4H,3H2;3H,2H2,1H3;7*1H2,(H,2,3);1H/p-7. The monoisotopic (exact) mass is 932 g/mol. The van der Waals surface area contributed by atoms with E-state index in [4.69, 9.17) is 92.0 Å². The molecule has 53 heavy (non-hydrogen) atoms. The third-order valence-corrected chi connectivity index (χ3v) is 1.27. The van der Waals surface area contributed by atoms with E-state index in [1.54, 1.807) is 27.7 Å². The second-order valence-corrected chi connectivity index (χ2v) is 10.8. The lowest BCUT2D eigenvalue weighted by Gasteiger charge is -1.90. The third-order valence-electron chi connectivity index (χ3n) is 1.27. The Morgan fingerprint density at radius 3 is 0.642 bits per heavy atom. The van der Waals surface area contributed by atoms with Crippen LogP contribution in [0.3, 0.4) is 0 Å². The first-order chi connectivity index (χ1) is 23.6. The Morgan fingerprint density at radius 1 is 0.566 bits per heavy atom. The first-order valence-corrected chi connectivity index (χ1v) is 20.7. The number of hydrogen-bond acceptors (Lipinski definition) is 20.